The summed E-state index contributed by atoms with van der Waals surface area (Å²) in [5.74, 6) is 2.50. The Labute approximate surface area is 176 Å². The summed E-state index contributed by atoms with van der Waals surface area (Å²) < 4.78 is 18.9. The van der Waals surface area contributed by atoms with Crippen molar-refractivity contribution in [1.29, 1.82) is 0 Å². The number of aryl methyl sites for hydroxylation is 2. The molecule has 2 aromatic heterocycles. The minimum Gasteiger partial charge on any atom is -0.493 e. The molecule has 30 heavy (non-hydrogen) atoms. The Morgan fingerprint density at radius 1 is 0.967 bits per heavy atom. The number of nitrogens with zero attached hydrogens (tertiary/aromatic N) is 4. The molecular formula is C23H26N4O3. The molecule has 0 saturated carbocycles. The molecule has 4 heterocycles. The van der Waals surface area contributed by atoms with Gasteiger partial charge in [-0.2, -0.15) is 0 Å². The lowest BCUT2D eigenvalue weighted by atomic mass is 9.94. The van der Waals surface area contributed by atoms with Gasteiger partial charge in [-0.05, 0) is 37.1 Å². The number of ether oxygens (including phenoxy) is 3. The molecule has 0 radical (unpaired) electrons. The number of anilines is 1. The Balaban J connectivity index is 1.63. The van der Waals surface area contributed by atoms with Crippen molar-refractivity contribution >= 4 is 5.69 Å². The van der Waals surface area contributed by atoms with Gasteiger partial charge in [-0.25, -0.2) is 4.98 Å². The van der Waals surface area contributed by atoms with Crippen LogP contribution in [0.15, 0.2) is 30.6 Å². The van der Waals surface area contributed by atoms with Crippen molar-refractivity contribution in [3.8, 4) is 34.0 Å². The van der Waals surface area contributed by atoms with Crippen LogP contribution in [0.4, 0.5) is 5.69 Å². The maximum Gasteiger partial charge on any atom is 0.161 e. The first-order valence-electron chi connectivity index (χ1n) is 10.3. The number of morpholine rings is 1. The van der Waals surface area contributed by atoms with Gasteiger partial charge in [0.15, 0.2) is 11.5 Å². The second kappa shape index (κ2) is 7.65. The SMILES string of the molecule is COc1cc2c(cc1OC)-c1c(-c3cncc(N4CCOCC4)c3)nc(C)n1CC2. The van der Waals surface area contributed by atoms with Gasteiger partial charge in [0.25, 0.3) is 0 Å². The van der Waals surface area contributed by atoms with Gasteiger partial charge in [-0.3, -0.25) is 4.98 Å². The molecule has 156 valence electrons. The van der Waals surface area contributed by atoms with E-state index in [1.165, 1.54) is 5.56 Å². The van der Waals surface area contributed by atoms with Crippen molar-refractivity contribution in [1.82, 2.24) is 14.5 Å². The Morgan fingerprint density at radius 3 is 2.50 bits per heavy atom. The van der Waals surface area contributed by atoms with Crippen LogP contribution in [0.1, 0.15) is 11.4 Å². The number of imidazole rings is 1. The van der Waals surface area contributed by atoms with E-state index in [1.807, 2.05) is 12.4 Å². The fraction of sp³-hybridized carbons (Fsp3) is 0.391. The van der Waals surface area contributed by atoms with E-state index in [0.717, 1.165) is 84.8 Å². The molecule has 1 aromatic carbocycles. The molecule has 2 aliphatic heterocycles. The van der Waals surface area contributed by atoms with Gasteiger partial charge in [0.05, 0.1) is 50.7 Å². The van der Waals surface area contributed by atoms with Crippen molar-refractivity contribution in [2.45, 2.75) is 19.9 Å². The van der Waals surface area contributed by atoms with Crippen molar-refractivity contribution in [2.24, 2.45) is 0 Å². The predicted molar refractivity (Wildman–Crippen MR) is 115 cm³/mol. The van der Waals surface area contributed by atoms with Gasteiger partial charge in [-0.1, -0.05) is 0 Å². The predicted octanol–water partition coefficient (Wildman–Crippen LogP) is 3.33. The van der Waals surface area contributed by atoms with Crippen LogP contribution in [0.3, 0.4) is 0 Å². The van der Waals surface area contributed by atoms with Crippen LogP contribution in [0.25, 0.3) is 22.5 Å². The minimum atomic E-state index is 0.731. The molecule has 0 spiro atoms. The van der Waals surface area contributed by atoms with Gasteiger partial charge in [0.2, 0.25) is 0 Å². The van der Waals surface area contributed by atoms with E-state index in [2.05, 4.69) is 39.6 Å². The number of hydrogen-bond acceptors (Lipinski definition) is 6. The van der Waals surface area contributed by atoms with E-state index in [9.17, 15) is 0 Å². The van der Waals surface area contributed by atoms with Gasteiger partial charge in [0.1, 0.15) is 5.82 Å². The molecule has 7 heteroatoms. The molecule has 1 fully saturated rings. The molecule has 0 N–H and O–H groups in total. The van der Waals surface area contributed by atoms with E-state index in [4.69, 9.17) is 19.2 Å². The summed E-state index contributed by atoms with van der Waals surface area (Å²) >= 11 is 0. The monoisotopic (exact) mass is 406 g/mol. The minimum absolute atomic E-state index is 0.731. The Morgan fingerprint density at radius 2 is 1.73 bits per heavy atom. The van der Waals surface area contributed by atoms with Crippen LogP contribution in [0.2, 0.25) is 0 Å². The Hall–Kier alpha value is -3.06. The number of fused-ring (bicyclic) bond motifs is 3. The second-order valence-corrected chi connectivity index (χ2v) is 7.65. The summed E-state index contributed by atoms with van der Waals surface area (Å²) in [6.45, 7) is 6.22. The molecule has 0 aliphatic carbocycles. The molecular weight excluding hydrogens is 380 g/mol. The highest BCUT2D eigenvalue weighted by Gasteiger charge is 2.26. The topological polar surface area (TPSA) is 61.6 Å². The van der Waals surface area contributed by atoms with Crippen LogP contribution in [-0.2, 0) is 17.7 Å². The zero-order valence-electron chi connectivity index (χ0n) is 17.6. The van der Waals surface area contributed by atoms with Crippen molar-refractivity contribution in [3.05, 3.63) is 42.0 Å². The van der Waals surface area contributed by atoms with E-state index in [-0.39, 0.29) is 0 Å². The quantitative estimate of drug-likeness (QED) is 0.662. The molecule has 0 bridgehead atoms. The lowest BCUT2D eigenvalue weighted by Gasteiger charge is -2.28. The molecule has 2 aliphatic rings. The normalized spacial score (nSPS) is 15.5. The molecule has 1 saturated heterocycles. The van der Waals surface area contributed by atoms with Gasteiger partial charge in [0, 0.05) is 37.0 Å². The largest absolute Gasteiger partial charge is 0.493 e. The number of aromatic nitrogens is 3. The smallest absolute Gasteiger partial charge is 0.161 e. The number of pyridine rings is 1. The third-order valence-corrected chi connectivity index (χ3v) is 6.00. The van der Waals surface area contributed by atoms with Crippen molar-refractivity contribution < 1.29 is 14.2 Å². The summed E-state index contributed by atoms with van der Waals surface area (Å²) in [5.41, 5.74) is 6.61. The number of hydrogen-bond donors (Lipinski definition) is 0. The summed E-state index contributed by atoms with van der Waals surface area (Å²) in [4.78, 5) is 11.8. The maximum atomic E-state index is 5.58. The molecule has 7 nitrogen and oxygen atoms in total. The summed E-state index contributed by atoms with van der Waals surface area (Å²) in [7, 11) is 3.35. The fourth-order valence-corrected chi connectivity index (χ4v) is 4.44. The van der Waals surface area contributed by atoms with Crippen molar-refractivity contribution in [3.63, 3.8) is 0 Å². The van der Waals surface area contributed by atoms with E-state index in [0.29, 0.717) is 0 Å². The van der Waals surface area contributed by atoms with Gasteiger partial charge < -0.3 is 23.7 Å². The number of rotatable bonds is 4. The zero-order valence-corrected chi connectivity index (χ0v) is 17.6. The highest BCUT2D eigenvalue weighted by Crippen LogP contribution is 2.43. The lowest BCUT2D eigenvalue weighted by molar-refractivity contribution is 0.122. The lowest BCUT2D eigenvalue weighted by Crippen LogP contribution is -2.36. The fourth-order valence-electron chi connectivity index (χ4n) is 4.44. The van der Waals surface area contributed by atoms with Crippen LogP contribution in [0, 0.1) is 6.92 Å². The average molecular weight is 406 g/mol. The Kier molecular flexibility index (Phi) is 4.83. The third kappa shape index (κ3) is 3.10. The highest BCUT2D eigenvalue weighted by molar-refractivity contribution is 5.83. The summed E-state index contributed by atoms with van der Waals surface area (Å²) in [6.07, 6.45) is 4.76. The first-order chi connectivity index (χ1) is 14.7. The van der Waals surface area contributed by atoms with E-state index >= 15 is 0 Å². The first kappa shape index (κ1) is 18.9. The van der Waals surface area contributed by atoms with E-state index < -0.39 is 0 Å². The molecule has 0 unspecified atom stereocenters. The standard InChI is InChI=1S/C23H26N4O3/c1-15-25-22(17-10-18(14-24-13-17)26-6-8-30-9-7-26)23-19-12-21(29-3)20(28-2)11-16(19)4-5-27(15)23/h10-14H,4-9H2,1-3H3. The van der Waals surface area contributed by atoms with Gasteiger partial charge in [-0.15, -0.1) is 0 Å². The molecule has 5 rings (SSSR count). The van der Waals surface area contributed by atoms with Crippen LogP contribution < -0.4 is 14.4 Å². The van der Waals surface area contributed by atoms with Crippen LogP contribution >= 0.6 is 0 Å². The highest BCUT2D eigenvalue weighted by atomic mass is 16.5. The second-order valence-electron chi connectivity index (χ2n) is 7.65. The average Bonchev–Trinajstić information content (AvgIpc) is 3.15. The third-order valence-electron chi connectivity index (χ3n) is 6.00. The first-order valence-corrected chi connectivity index (χ1v) is 10.3. The zero-order chi connectivity index (χ0) is 20.7. The molecule has 0 amide bonds. The van der Waals surface area contributed by atoms with Gasteiger partial charge >= 0.3 is 0 Å². The van der Waals surface area contributed by atoms with Crippen LogP contribution in [-0.4, -0.2) is 55.1 Å². The number of methoxy groups -OCH3 is 2. The van der Waals surface area contributed by atoms with Crippen LogP contribution in [0.5, 0.6) is 11.5 Å². The molecule has 0 atom stereocenters. The summed E-state index contributed by atoms with van der Waals surface area (Å²) in [6, 6.07) is 6.35. The van der Waals surface area contributed by atoms with Crippen molar-refractivity contribution in [2.75, 3.05) is 45.4 Å². The van der Waals surface area contributed by atoms with E-state index in [1.54, 1.807) is 14.2 Å². The number of benzene rings is 1. The maximum absolute atomic E-state index is 5.58. The summed E-state index contributed by atoms with van der Waals surface area (Å²) in [5, 5.41) is 0. The molecule has 3 aromatic rings. The Bertz CT molecular complexity index is 1090.